The van der Waals surface area contributed by atoms with Gasteiger partial charge in [0.1, 0.15) is 0 Å². The molecule has 0 aliphatic heterocycles. The van der Waals surface area contributed by atoms with Gasteiger partial charge in [0.2, 0.25) is 5.88 Å². The van der Waals surface area contributed by atoms with Crippen molar-refractivity contribution in [1.29, 1.82) is 0 Å². The summed E-state index contributed by atoms with van der Waals surface area (Å²) in [5.41, 5.74) is 6.09. The fourth-order valence-corrected chi connectivity index (χ4v) is 1.87. The number of ether oxygens (including phenoxy) is 1. The van der Waals surface area contributed by atoms with Crippen molar-refractivity contribution < 1.29 is 22.4 Å². The summed E-state index contributed by atoms with van der Waals surface area (Å²) in [5, 5.41) is 3.76. The van der Waals surface area contributed by atoms with Gasteiger partial charge in [-0.05, 0) is 17.7 Å². The molecule has 0 fully saturated rings. The van der Waals surface area contributed by atoms with E-state index in [1.165, 1.54) is 19.2 Å². The first-order chi connectivity index (χ1) is 9.43. The maximum Gasteiger partial charge on any atom is 0.416 e. The summed E-state index contributed by atoms with van der Waals surface area (Å²) in [6.45, 7) is 0.373. The van der Waals surface area contributed by atoms with Gasteiger partial charge in [0, 0.05) is 13.5 Å². The van der Waals surface area contributed by atoms with Gasteiger partial charge >= 0.3 is 6.18 Å². The van der Waals surface area contributed by atoms with E-state index >= 15 is 0 Å². The lowest BCUT2D eigenvalue weighted by molar-refractivity contribution is -0.137. The molecule has 0 saturated heterocycles. The Bertz CT molecular complexity index is 594. The molecular weight excluding hydrogens is 273 g/mol. The second-order valence-corrected chi connectivity index (χ2v) is 4.19. The second-order valence-electron chi connectivity index (χ2n) is 4.19. The van der Waals surface area contributed by atoms with Crippen LogP contribution in [0.4, 0.5) is 19.1 Å². The van der Waals surface area contributed by atoms with Crippen LogP contribution in [0.5, 0.6) is 0 Å². The molecule has 1 aromatic carbocycles. The highest BCUT2D eigenvalue weighted by Crippen LogP contribution is 2.35. The third-order valence-corrected chi connectivity index (χ3v) is 2.81. The Labute approximate surface area is 113 Å². The van der Waals surface area contributed by atoms with Gasteiger partial charge in [-0.15, -0.1) is 0 Å². The molecule has 0 amide bonds. The van der Waals surface area contributed by atoms with E-state index in [1.807, 2.05) is 0 Å². The van der Waals surface area contributed by atoms with E-state index < -0.39 is 11.7 Å². The van der Waals surface area contributed by atoms with Crippen LogP contribution in [0, 0.1) is 0 Å². The number of nitrogen functional groups attached to an aromatic ring is 1. The lowest BCUT2D eigenvalue weighted by atomic mass is 10.0. The number of methoxy groups -OCH3 is 1. The van der Waals surface area contributed by atoms with Gasteiger partial charge in [0.25, 0.3) is 0 Å². The van der Waals surface area contributed by atoms with Gasteiger partial charge in [-0.3, -0.25) is 0 Å². The Morgan fingerprint density at radius 1 is 1.35 bits per heavy atom. The maximum absolute atomic E-state index is 12.7. The van der Waals surface area contributed by atoms with Crippen LogP contribution in [0.25, 0.3) is 11.1 Å². The standard InChI is InChI=1S/C13H13F3N2O2/c1-19-6-5-10-11(12(17)20-18-10)8-3-2-4-9(7-8)13(14,15)16/h2-4,7H,5-6,17H2,1H3. The molecule has 108 valence electrons. The molecule has 0 spiro atoms. The minimum atomic E-state index is -4.41. The first-order valence-electron chi connectivity index (χ1n) is 5.84. The van der Waals surface area contributed by atoms with Crippen LogP contribution in [-0.2, 0) is 17.3 Å². The molecule has 0 unspecified atom stereocenters. The summed E-state index contributed by atoms with van der Waals surface area (Å²) >= 11 is 0. The predicted octanol–water partition coefficient (Wildman–Crippen LogP) is 3.13. The summed E-state index contributed by atoms with van der Waals surface area (Å²) in [4.78, 5) is 0. The van der Waals surface area contributed by atoms with E-state index in [1.54, 1.807) is 0 Å². The number of alkyl halides is 3. The van der Waals surface area contributed by atoms with E-state index in [0.717, 1.165) is 12.1 Å². The minimum absolute atomic E-state index is 0.00423. The number of nitrogens with two attached hydrogens (primary N) is 1. The number of hydrogen-bond acceptors (Lipinski definition) is 4. The number of nitrogens with zero attached hydrogens (tertiary/aromatic N) is 1. The lowest BCUT2D eigenvalue weighted by Gasteiger charge is -2.08. The normalized spacial score (nSPS) is 11.8. The number of hydrogen-bond donors (Lipinski definition) is 1. The average Bonchev–Trinajstić information content (AvgIpc) is 2.76. The second kappa shape index (κ2) is 5.54. The molecule has 0 bridgehead atoms. The lowest BCUT2D eigenvalue weighted by Crippen LogP contribution is -2.05. The fraction of sp³-hybridized carbons (Fsp3) is 0.308. The summed E-state index contributed by atoms with van der Waals surface area (Å²) < 4.78 is 48.0. The highest BCUT2D eigenvalue weighted by atomic mass is 19.4. The van der Waals surface area contributed by atoms with Crippen molar-refractivity contribution in [3.8, 4) is 11.1 Å². The van der Waals surface area contributed by atoms with Crippen molar-refractivity contribution in [1.82, 2.24) is 5.16 Å². The summed E-state index contributed by atoms with van der Waals surface area (Å²) in [6.07, 6.45) is -4.00. The molecule has 1 heterocycles. The Kier molecular flexibility index (Phi) is 3.99. The highest BCUT2D eigenvalue weighted by molar-refractivity contribution is 5.75. The van der Waals surface area contributed by atoms with E-state index in [9.17, 15) is 13.2 Å². The van der Waals surface area contributed by atoms with Crippen molar-refractivity contribution in [2.45, 2.75) is 12.6 Å². The van der Waals surface area contributed by atoms with E-state index in [2.05, 4.69) is 5.16 Å². The zero-order valence-corrected chi connectivity index (χ0v) is 10.7. The Hall–Kier alpha value is -2.02. The zero-order valence-electron chi connectivity index (χ0n) is 10.7. The van der Waals surface area contributed by atoms with Gasteiger partial charge in [0.15, 0.2) is 0 Å². The topological polar surface area (TPSA) is 61.3 Å². The van der Waals surface area contributed by atoms with Gasteiger partial charge in [-0.2, -0.15) is 13.2 Å². The molecule has 1 aromatic heterocycles. The van der Waals surface area contributed by atoms with E-state index in [-0.39, 0.29) is 5.88 Å². The largest absolute Gasteiger partial charge is 0.416 e. The minimum Gasteiger partial charge on any atom is -0.384 e. The summed E-state index contributed by atoms with van der Waals surface area (Å²) in [6, 6.07) is 4.89. The molecule has 0 atom stereocenters. The quantitative estimate of drug-likeness (QED) is 0.938. The Morgan fingerprint density at radius 3 is 2.75 bits per heavy atom. The van der Waals surface area contributed by atoms with E-state index in [0.29, 0.717) is 29.8 Å². The van der Waals surface area contributed by atoms with Gasteiger partial charge in [-0.25, -0.2) is 0 Å². The van der Waals surface area contributed by atoms with Crippen molar-refractivity contribution >= 4 is 5.88 Å². The molecule has 4 nitrogen and oxygen atoms in total. The molecule has 2 rings (SSSR count). The molecule has 0 aliphatic carbocycles. The third kappa shape index (κ3) is 2.93. The van der Waals surface area contributed by atoms with Crippen LogP contribution < -0.4 is 5.73 Å². The van der Waals surface area contributed by atoms with Crippen LogP contribution in [-0.4, -0.2) is 18.9 Å². The van der Waals surface area contributed by atoms with Crippen LogP contribution in [0.15, 0.2) is 28.8 Å². The number of rotatable bonds is 4. The third-order valence-electron chi connectivity index (χ3n) is 2.81. The maximum atomic E-state index is 12.7. The van der Waals surface area contributed by atoms with Gasteiger partial charge in [-0.1, -0.05) is 17.3 Å². The van der Waals surface area contributed by atoms with Crippen molar-refractivity contribution in [3.63, 3.8) is 0 Å². The van der Waals surface area contributed by atoms with Crippen LogP contribution in [0.1, 0.15) is 11.3 Å². The number of halogens is 3. The predicted molar refractivity (Wildman–Crippen MR) is 66.9 cm³/mol. The highest BCUT2D eigenvalue weighted by Gasteiger charge is 2.31. The first-order valence-corrected chi connectivity index (χ1v) is 5.84. The monoisotopic (exact) mass is 286 g/mol. The number of anilines is 1. The molecule has 2 N–H and O–H groups in total. The molecule has 2 aromatic rings. The molecule has 7 heteroatoms. The molecule has 0 radical (unpaired) electrons. The van der Waals surface area contributed by atoms with Gasteiger partial charge in [0.05, 0.1) is 23.4 Å². The Morgan fingerprint density at radius 2 is 2.10 bits per heavy atom. The van der Waals surface area contributed by atoms with Crippen molar-refractivity contribution in [3.05, 3.63) is 35.5 Å². The summed E-state index contributed by atoms with van der Waals surface area (Å²) in [7, 11) is 1.52. The van der Waals surface area contributed by atoms with Crippen LogP contribution >= 0.6 is 0 Å². The number of benzene rings is 1. The fourth-order valence-electron chi connectivity index (χ4n) is 1.87. The molecule has 0 aliphatic rings. The number of aromatic nitrogens is 1. The molecular formula is C13H13F3N2O2. The van der Waals surface area contributed by atoms with E-state index in [4.69, 9.17) is 15.0 Å². The van der Waals surface area contributed by atoms with Crippen LogP contribution in [0.2, 0.25) is 0 Å². The van der Waals surface area contributed by atoms with Crippen molar-refractivity contribution in [2.24, 2.45) is 0 Å². The summed E-state index contributed by atoms with van der Waals surface area (Å²) in [5.74, 6) is -0.00423. The zero-order chi connectivity index (χ0) is 14.8. The molecule has 0 saturated carbocycles. The molecule has 20 heavy (non-hydrogen) atoms. The first kappa shape index (κ1) is 14.4. The average molecular weight is 286 g/mol. The van der Waals surface area contributed by atoms with Gasteiger partial charge < -0.3 is 15.0 Å². The van der Waals surface area contributed by atoms with Crippen LogP contribution in [0.3, 0.4) is 0 Å². The SMILES string of the molecule is COCCc1noc(N)c1-c1cccc(C(F)(F)F)c1. The smallest absolute Gasteiger partial charge is 0.384 e. The van der Waals surface area contributed by atoms with Crippen molar-refractivity contribution in [2.75, 3.05) is 19.5 Å². The Balaban J connectivity index is 2.43.